The van der Waals surface area contributed by atoms with Gasteiger partial charge in [0.1, 0.15) is 11.6 Å². The summed E-state index contributed by atoms with van der Waals surface area (Å²) in [5, 5.41) is 6.69. The number of carbonyl (C=O) groups is 1. The average Bonchev–Trinajstić information content (AvgIpc) is 3.10. The molecule has 0 spiro atoms. The van der Waals surface area contributed by atoms with Crippen LogP contribution in [0.25, 0.3) is 11.4 Å². The number of rotatable bonds is 7. The van der Waals surface area contributed by atoms with E-state index in [1.807, 2.05) is 0 Å². The molecule has 0 atom stereocenters. The Morgan fingerprint density at radius 2 is 2.04 bits per heavy atom. The monoisotopic (exact) mass is 370 g/mol. The summed E-state index contributed by atoms with van der Waals surface area (Å²) in [7, 11) is 3.34. The van der Waals surface area contributed by atoms with E-state index in [1.165, 1.54) is 12.1 Å². The number of nitrogens with one attached hydrogen (secondary N) is 1. The van der Waals surface area contributed by atoms with Crippen LogP contribution in [0, 0.1) is 5.82 Å². The summed E-state index contributed by atoms with van der Waals surface area (Å²) in [5.41, 5.74) is 1.31. The van der Waals surface area contributed by atoms with Gasteiger partial charge in [-0.1, -0.05) is 11.2 Å². The first kappa shape index (κ1) is 18.5. The van der Waals surface area contributed by atoms with Gasteiger partial charge in [-0.25, -0.2) is 4.39 Å². The van der Waals surface area contributed by atoms with Crippen LogP contribution in [-0.4, -0.2) is 41.6 Å². The van der Waals surface area contributed by atoms with Gasteiger partial charge in [0, 0.05) is 17.3 Å². The number of aromatic nitrogens is 2. The minimum Gasteiger partial charge on any atom is -0.497 e. The third-order valence-electron chi connectivity index (χ3n) is 3.74. The van der Waals surface area contributed by atoms with E-state index in [9.17, 15) is 9.18 Å². The van der Waals surface area contributed by atoms with Crippen LogP contribution in [0.1, 0.15) is 5.89 Å². The number of hydrogen-bond acceptors (Lipinski definition) is 6. The van der Waals surface area contributed by atoms with Crippen molar-refractivity contribution in [2.24, 2.45) is 0 Å². The molecular weight excluding hydrogens is 351 g/mol. The van der Waals surface area contributed by atoms with Crippen LogP contribution in [0.2, 0.25) is 0 Å². The SMILES string of the molecule is COc1cccc(NC(=O)CN(C)Cc2nc(-c3ccc(F)cc3)no2)c1. The summed E-state index contributed by atoms with van der Waals surface area (Å²) in [6.45, 7) is 0.450. The molecule has 3 aromatic rings. The summed E-state index contributed by atoms with van der Waals surface area (Å²) in [5.74, 6) is 0.902. The van der Waals surface area contributed by atoms with Gasteiger partial charge < -0.3 is 14.6 Å². The van der Waals surface area contributed by atoms with Gasteiger partial charge >= 0.3 is 0 Å². The molecule has 0 saturated carbocycles. The van der Waals surface area contributed by atoms with Crippen molar-refractivity contribution in [3.05, 3.63) is 60.2 Å². The fraction of sp³-hybridized carbons (Fsp3) is 0.211. The quantitative estimate of drug-likeness (QED) is 0.689. The maximum absolute atomic E-state index is 13.0. The molecule has 27 heavy (non-hydrogen) atoms. The van der Waals surface area contributed by atoms with Crippen molar-refractivity contribution in [2.75, 3.05) is 26.0 Å². The van der Waals surface area contributed by atoms with Crippen LogP contribution in [0.5, 0.6) is 5.75 Å². The zero-order chi connectivity index (χ0) is 19.2. The predicted molar refractivity (Wildman–Crippen MR) is 97.6 cm³/mol. The third kappa shape index (κ3) is 5.11. The maximum Gasteiger partial charge on any atom is 0.241 e. The first-order valence-electron chi connectivity index (χ1n) is 8.24. The zero-order valence-corrected chi connectivity index (χ0v) is 15.0. The second-order valence-electron chi connectivity index (χ2n) is 5.97. The molecule has 0 aliphatic carbocycles. The van der Waals surface area contributed by atoms with E-state index < -0.39 is 0 Å². The first-order chi connectivity index (χ1) is 13.0. The highest BCUT2D eigenvalue weighted by Gasteiger charge is 2.13. The molecule has 0 bridgehead atoms. The van der Waals surface area contributed by atoms with E-state index >= 15 is 0 Å². The normalized spacial score (nSPS) is 10.8. The highest BCUT2D eigenvalue weighted by molar-refractivity contribution is 5.92. The Bertz CT molecular complexity index is 911. The lowest BCUT2D eigenvalue weighted by Gasteiger charge is -2.14. The lowest BCUT2D eigenvalue weighted by molar-refractivity contribution is -0.117. The molecule has 2 aromatic carbocycles. The van der Waals surface area contributed by atoms with Crippen LogP contribution >= 0.6 is 0 Å². The van der Waals surface area contributed by atoms with E-state index in [0.29, 0.717) is 35.3 Å². The number of likely N-dealkylation sites (N-methyl/N-ethyl adjacent to an activating group) is 1. The Hall–Kier alpha value is -3.26. The van der Waals surface area contributed by atoms with Crippen molar-refractivity contribution >= 4 is 11.6 Å². The topological polar surface area (TPSA) is 80.5 Å². The smallest absolute Gasteiger partial charge is 0.241 e. The first-order valence-corrected chi connectivity index (χ1v) is 8.24. The van der Waals surface area contributed by atoms with Crippen LogP contribution in [0.3, 0.4) is 0 Å². The number of anilines is 1. The van der Waals surface area contributed by atoms with Crippen molar-refractivity contribution in [1.29, 1.82) is 0 Å². The Labute approximate surface area is 155 Å². The fourth-order valence-corrected chi connectivity index (χ4v) is 2.47. The summed E-state index contributed by atoms with van der Waals surface area (Å²) in [6.07, 6.45) is 0. The molecule has 1 N–H and O–H groups in total. The van der Waals surface area contributed by atoms with Gasteiger partial charge in [-0.05, 0) is 43.4 Å². The Morgan fingerprint density at radius 1 is 1.26 bits per heavy atom. The predicted octanol–water partition coefficient (Wildman–Crippen LogP) is 2.95. The van der Waals surface area contributed by atoms with Crippen LogP contribution < -0.4 is 10.1 Å². The molecule has 0 aliphatic heterocycles. The molecule has 0 unspecified atom stereocenters. The van der Waals surface area contributed by atoms with Gasteiger partial charge in [-0.15, -0.1) is 0 Å². The third-order valence-corrected chi connectivity index (χ3v) is 3.74. The average molecular weight is 370 g/mol. The molecule has 140 valence electrons. The van der Waals surface area contributed by atoms with E-state index in [4.69, 9.17) is 9.26 Å². The lowest BCUT2D eigenvalue weighted by atomic mass is 10.2. The summed E-state index contributed by atoms with van der Waals surface area (Å²) in [4.78, 5) is 18.2. The molecule has 1 heterocycles. The number of benzene rings is 2. The lowest BCUT2D eigenvalue weighted by Crippen LogP contribution is -2.29. The standard InChI is InChI=1S/C19H19FN4O3/c1-24(11-17(25)21-15-4-3-5-16(10-15)26-2)12-18-22-19(23-27-18)13-6-8-14(20)9-7-13/h3-10H,11-12H2,1-2H3,(H,21,25). The van der Waals surface area contributed by atoms with Gasteiger partial charge in [0.05, 0.1) is 20.2 Å². The van der Waals surface area contributed by atoms with Gasteiger partial charge in [0.25, 0.3) is 0 Å². The van der Waals surface area contributed by atoms with Crippen LogP contribution in [0.15, 0.2) is 53.1 Å². The largest absolute Gasteiger partial charge is 0.497 e. The second kappa shape index (κ2) is 8.41. The number of hydrogen-bond donors (Lipinski definition) is 1. The van der Waals surface area contributed by atoms with Crippen LogP contribution in [0.4, 0.5) is 10.1 Å². The molecule has 8 heteroatoms. The molecule has 1 amide bonds. The molecule has 7 nitrogen and oxygen atoms in total. The number of ether oxygens (including phenoxy) is 1. The van der Waals surface area contributed by atoms with Gasteiger partial charge in [-0.2, -0.15) is 4.98 Å². The maximum atomic E-state index is 13.0. The molecule has 1 aromatic heterocycles. The summed E-state index contributed by atoms with van der Waals surface area (Å²) < 4.78 is 23.3. The number of carbonyl (C=O) groups excluding carboxylic acids is 1. The molecule has 0 fully saturated rings. The molecule has 0 aliphatic rings. The highest BCUT2D eigenvalue weighted by Crippen LogP contribution is 2.18. The number of methoxy groups -OCH3 is 1. The Kier molecular flexibility index (Phi) is 5.77. The minimum atomic E-state index is -0.329. The number of halogens is 1. The van der Waals surface area contributed by atoms with Gasteiger partial charge in [0.15, 0.2) is 0 Å². The van der Waals surface area contributed by atoms with E-state index in [2.05, 4.69) is 15.5 Å². The zero-order valence-electron chi connectivity index (χ0n) is 15.0. The Balaban J connectivity index is 1.55. The molecule has 0 saturated heterocycles. The molecule has 3 rings (SSSR count). The number of nitrogens with zero attached hydrogens (tertiary/aromatic N) is 3. The summed E-state index contributed by atoms with van der Waals surface area (Å²) >= 11 is 0. The highest BCUT2D eigenvalue weighted by atomic mass is 19.1. The minimum absolute atomic E-state index is 0.144. The van der Waals surface area contributed by atoms with Gasteiger partial charge in [0.2, 0.25) is 17.6 Å². The summed E-state index contributed by atoms with van der Waals surface area (Å²) in [6, 6.07) is 13.0. The van der Waals surface area contributed by atoms with Crippen molar-refractivity contribution in [3.63, 3.8) is 0 Å². The van der Waals surface area contributed by atoms with Gasteiger partial charge in [-0.3, -0.25) is 9.69 Å². The van der Waals surface area contributed by atoms with Crippen molar-refractivity contribution in [3.8, 4) is 17.1 Å². The fourth-order valence-electron chi connectivity index (χ4n) is 2.47. The van der Waals surface area contributed by atoms with E-state index in [1.54, 1.807) is 55.5 Å². The number of amides is 1. The molecule has 0 radical (unpaired) electrons. The van der Waals surface area contributed by atoms with Crippen molar-refractivity contribution < 1.29 is 18.4 Å². The van der Waals surface area contributed by atoms with E-state index in [-0.39, 0.29) is 18.3 Å². The van der Waals surface area contributed by atoms with Crippen molar-refractivity contribution in [2.45, 2.75) is 6.54 Å². The van der Waals surface area contributed by atoms with E-state index in [0.717, 1.165) is 0 Å². The Morgan fingerprint density at radius 3 is 2.78 bits per heavy atom. The molecular formula is C19H19FN4O3. The van der Waals surface area contributed by atoms with Crippen molar-refractivity contribution in [1.82, 2.24) is 15.0 Å². The second-order valence-corrected chi connectivity index (χ2v) is 5.97. The van der Waals surface area contributed by atoms with Crippen LogP contribution in [-0.2, 0) is 11.3 Å².